The molecule has 0 bridgehead atoms. The van der Waals surface area contributed by atoms with Crippen LogP contribution in [0.5, 0.6) is 0 Å². The maximum atomic E-state index is 8.37. The Kier molecular flexibility index (Phi) is 10.8. The Labute approximate surface area is 99.0 Å². The fourth-order valence-electron chi connectivity index (χ4n) is 0.603. The van der Waals surface area contributed by atoms with Gasteiger partial charge in [0.25, 0.3) is 0 Å². The van der Waals surface area contributed by atoms with Gasteiger partial charge in [0, 0.05) is 0 Å². The molecule has 0 heterocycles. The molecule has 8 heteroatoms. The average molecular weight is 378 g/mol. The molecular weight excluding hydrogens is 364 g/mol. The Balaban J connectivity index is 2.99. The third kappa shape index (κ3) is 13.5. The second kappa shape index (κ2) is 9.73. The van der Waals surface area contributed by atoms with E-state index in [1.165, 1.54) is 0 Å². The minimum absolute atomic E-state index is 0.0187. The molecule has 14 heavy (non-hydrogen) atoms. The maximum absolute atomic E-state index is 8.37. The van der Waals surface area contributed by atoms with E-state index in [4.69, 9.17) is 44.1 Å². The third-order valence-electron chi connectivity index (χ3n) is 1.10. The first-order valence-corrected chi connectivity index (χ1v) is 16.0. The quantitative estimate of drug-likeness (QED) is 0.479. The van der Waals surface area contributed by atoms with Crippen LogP contribution < -0.4 is 0 Å². The summed E-state index contributed by atoms with van der Waals surface area (Å²) < 4.78 is 15.0. The molecule has 1 N–H and O–H groups in total. The van der Waals surface area contributed by atoms with E-state index in [1.807, 2.05) is 0 Å². The van der Waals surface area contributed by atoms with Crippen LogP contribution in [0.4, 0.5) is 0 Å². The molecule has 0 aromatic heterocycles. The Bertz CT molecular complexity index is 133. The van der Waals surface area contributed by atoms with Crippen molar-refractivity contribution >= 4 is 42.3 Å². The number of aliphatic hydroxyl groups is 1. The van der Waals surface area contributed by atoms with Crippen LogP contribution in [0.25, 0.3) is 0 Å². The van der Waals surface area contributed by atoms with Crippen LogP contribution in [0, 0.1) is 0 Å². The number of halogens is 3. The predicted molar refractivity (Wildman–Crippen MR) is 59.4 cm³/mol. The van der Waals surface area contributed by atoms with E-state index < -0.39 is 15.8 Å². The summed E-state index contributed by atoms with van der Waals surface area (Å²) >= 11 is -3.62. The number of hydrogen-bond donors (Lipinski definition) is 1. The van der Waals surface area contributed by atoms with Crippen LogP contribution >= 0.6 is 26.5 Å². The monoisotopic (exact) mass is 376 g/mol. The molecule has 0 unspecified atom stereocenters. The first-order valence-electron chi connectivity index (χ1n) is 4.03. The molecule has 0 rings (SSSR count). The Hall–Kier alpha value is 1.53. The molecular formula is C6H14Cl3O4Sb. The van der Waals surface area contributed by atoms with Crippen LogP contribution in [-0.2, 0) is 12.5 Å². The number of hydrogen-bond acceptors (Lipinski definition) is 4. The van der Waals surface area contributed by atoms with E-state index in [0.29, 0.717) is 33.0 Å². The second-order valence-corrected chi connectivity index (χ2v) is 20.2. The predicted octanol–water partition coefficient (Wildman–Crippen LogP) is 0.913. The zero-order chi connectivity index (χ0) is 10.9. The number of aliphatic hydroxyl groups excluding tert-OH is 1. The molecule has 0 spiro atoms. The molecule has 0 aromatic rings. The Morgan fingerprint density at radius 2 is 1.36 bits per heavy atom. The van der Waals surface area contributed by atoms with Crippen LogP contribution in [0.2, 0.25) is 0 Å². The number of rotatable bonds is 9. The van der Waals surface area contributed by atoms with Gasteiger partial charge in [0.1, 0.15) is 0 Å². The summed E-state index contributed by atoms with van der Waals surface area (Å²) in [7, 11) is 16.6. The third-order valence-corrected chi connectivity index (χ3v) is 4.81. The fourth-order valence-corrected chi connectivity index (χ4v) is 3.05. The zero-order valence-corrected chi connectivity index (χ0v) is 12.7. The van der Waals surface area contributed by atoms with Gasteiger partial charge >= 0.3 is 99.5 Å². The van der Waals surface area contributed by atoms with Gasteiger partial charge in [0.2, 0.25) is 0 Å². The van der Waals surface area contributed by atoms with Crippen molar-refractivity contribution in [2.24, 2.45) is 0 Å². The van der Waals surface area contributed by atoms with E-state index in [2.05, 4.69) is 0 Å². The normalized spacial score (nSPS) is 13.1. The Morgan fingerprint density at radius 3 is 1.86 bits per heavy atom. The van der Waals surface area contributed by atoms with Crippen molar-refractivity contribution in [1.82, 2.24) is 0 Å². The first-order chi connectivity index (χ1) is 6.56. The SMILES string of the molecule is OCCOCCOCC[O][SbH]([Cl])([Cl])[Cl]. The van der Waals surface area contributed by atoms with Gasteiger partial charge in [-0.05, 0) is 0 Å². The van der Waals surface area contributed by atoms with Crippen molar-refractivity contribution in [3.05, 3.63) is 0 Å². The molecule has 0 saturated carbocycles. The first kappa shape index (κ1) is 15.5. The van der Waals surface area contributed by atoms with E-state index in [1.54, 1.807) is 0 Å². The zero-order valence-electron chi connectivity index (χ0n) is 7.55. The summed E-state index contributed by atoms with van der Waals surface area (Å²) in [5, 5.41) is 8.37. The van der Waals surface area contributed by atoms with Crippen LogP contribution in [0.1, 0.15) is 0 Å². The minimum atomic E-state index is -3.62. The van der Waals surface area contributed by atoms with Crippen molar-refractivity contribution in [2.75, 3.05) is 39.6 Å². The van der Waals surface area contributed by atoms with E-state index in [0.717, 1.165) is 0 Å². The van der Waals surface area contributed by atoms with Crippen molar-refractivity contribution in [3.63, 3.8) is 0 Å². The summed E-state index contributed by atoms with van der Waals surface area (Å²) in [6.07, 6.45) is 0. The van der Waals surface area contributed by atoms with Gasteiger partial charge in [0.15, 0.2) is 0 Å². The molecule has 0 fully saturated rings. The summed E-state index contributed by atoms with van der Waals surface area (Å²) in [6, 6.07) is 0. The van der Waals surface area contributed by atoms with Gasteiger partial charge in [-0.3, -0.25) is 0 Å². The van der Waals surface area contributed by atoms with Crippen molar-refractivity contribution in [2.45, 2.75) is 0 Å². The summed E-state index contributed by atoms with van der Waals surface area (Å²) in [4.78, 5) is 0. The average Bonchev–Trinajstić information content (AvgIpc) is 2.08. The van der Waals surface area contributed by atoms with E-state index >= 15 is 0 Å². The summed E-state index contributed by atoms with van der Waals surface area (Å²) in [5.41, 5.74) is 0. The van der Waals surface area contributed by atoms with Gasteiger partial charge < -0.3 is 0 Å². The van der Waals surface area contributed by atoms with Gasteiger partial charge in [0.05, 0.1) is 0 Å². The van der Waals surface area contributed by atoms with Crippen molar-refractivity contribution in [3.8, 4) is 0 Å². The van der Waals surface area contributed by atoms with E-state index in [9.17, 15) is 0 Å². The fraction of sp³-hybridized carbons (Fsp3) is 1.00. The van der Waals surface area contributed by atoms with Crippen molar-refractivity contribution < 1.29 is 17.6 Å². The molecule has 4 nitrogen and oxygen atoms in total. The van der Waals surface area contributed by atoms with Gasteiger partial charge in [-0.2, -0.15) is 0 Å². The molecule has 0 saturated heterocycles. The molecule has 0 radical (unpaired) electrons. The van der Waals surface area contributed by atoms with Gasteiger partial charge in [-0.25, -0.2) is 0 Å². The molecule has 0 amide bonds. The summed E-state index contributed by atoms with van der Waals surface area (Å²) in [6.45, 7) is 1.91. The summed E-state index contributed by atoms with van der Waals surface area (Å²) in [5.74, 6) is 0. The molecule has 0 aliphatic carbocycles. The molecule has 0 atom stereocenters. The topological polar surface area (TPSA) is 47.9 Å². The Morgan fingerprint density at radius 1 is 0.857 bits per heavy atom. The van der Waals surface area contributed by atoms with Gasteiger partial charge in [-0.15, -0.1) is 0 Å². The van der Waals surface area contributed by atoms with Gasteiger partial charge in [-0.1, -0.05) is 0 Å². The van der Waals surface area contributed by atoms with Crippen LogP contribution in [-0.4, -0.2) is 60.5 Å². The second-order valence-electron chi connectivity index (χ2n) is 2.24. The van der Waals surface area contributed by atoms with Crippen LogP contribution in [0.3, 0.4) is 0 Å². The molecule has 0 aliphatic rings. The molecule has 0 aliphatic heterocycles. The standard InChI is InChI=1S/C6H13O4.3ClH.Sb.H/c7-1-3-9-5-6-10-4-2-8;;;;;/h7H,1-6H2;3*1H;;/q-1;;;;+4;/p-3. The molecule has 0 aromatic carbocycles. The van der Waals surface area contributed by atoms with E-state index in [-0.39, 0.29) is 6.61 Å². The van der Waals surface area contributed by atoms with Crippen LogP contribution in [0.15, 0.2) is 0 Å². The number of ether oxygens (including phenoxy) is 2. The van der Waals surface area contributed by atoms with Crippen molar-refractivity contribution in [1.29, 1.82) is 0 Å². The molecule has 88 valence electrons.